The number of anilines is 1. The highest BCUT2D eigenvalue weighted by atomic mass is 16.5. The molecule has 1 aliphatic heterocycles. The minimum absolute atomic E-state index is 0.137. The molecule has 0 aliphatic carbocycles. The predicted octanol–water partition coefficient (Wildman–Crippen LogP) is 2.14. The number of methoxy groups -OCH3 is 2. The second kappa shape index (κ2) is 9.46. The Morgan fingerprint density at radius 1 is 1.06 bits per heavy atom. The summed E-state index contributed by atoms with van der Waals surface area (Å²) in [6.07, 6.45) is 4.26. The van der Waals surface area contributed by atoms with Gasteiger partial charge in [-0.2, -0.15) is 0 Å². The van der Waals surface area contributed by atoms with Gasteiger partial charge in [-0.25, -0.2) is 0 Å². The second-order valence-electron chi connectivity index (χ2n) is 7.58. The van der Waals surface area contributed by atoms with Crippen molar-refractivity contribution >= 4 is 23.4 Å². The average Bonchev–Trinajstić information content (AvgIpc) is 2.78. The molecular weight excluding hydrogens is 400 g/mol. The Hall–Kier alpha value is -3.62. The van der Waals surface area contributed by atoms with E-state index < -0.39 is 17.7 Å². The molecule has 1 aliphatic rings. The summed E-state index contributed by atoms with van der Waals surface area (Å²) in [7, 11) is 3.12. The van der Waals surface area contributed by atoms with Gasteiger partial charge in [0.25, 0.3) is 0 Å². The molecule has 9 nitrogen and oxygen atoms in total. The van der Waals surface area contributed by atoms with Gasteiger partial charge < -0.3 is 25.4 Å². The smallest absolute Gasteiger partial charge is 0.313 e. The minimum atomic E-state index is -0.808. The third kappa shape index (κ3) is 5.11. The molecule has 3 amide bonds. The Bertz CT molecular complexity index is 971. The number of amides is 3. The van der Waals surface area contributed by atoms with Crippen LogP contribution in [0.25, 0.3) is 0 Å². The Morgan fingerprint density at radius 2 is 1.74 bits per heavy atom. The van der Waals surface area contributed by atoms with Crippen LogP contribution in [0.3, 0.4) is 0 Å². The van der Waals surface area contributed by atoms with Crippen LogP contribution in [0.1, 0.15) is 41.7 Å². The molecule has 1 aromatic carbocycles. The third-order valence-electron chi connectivity index (χ3n) is 5.31. The van der Waals surface area contributed by atoms with Crippen LogP contribution in [-0.2, 0) is 9.59 Å². The van der Waals surface area contributed by atoms with Crippen LogP contribution in [0, 0.1) is 5.92 Å². The number of aromatic nitrogens is 1. The SMILES string of the molecule is COc1cc(OC)cc([C@@H]2CC[C@@H](C)CN2C(=O)C(=O)Nc2cncc(C(N)=O)c2)c1. The predicted molar refractivity (Wildman–Crippen MR) is 114 cm³/mol. The fraction of sp³-hybridized carbons (Fsp3) is 0.364. The van der Waals surface area contributed by atoms with E-state index in [0.717, 1.165) is 12.0 Å². The van der Waals surface area contributed by atoms with Crippen LogP contribution in [0.4, 0.5) is 5.69 Å². The summed E-state index contributed by atoms with van der Waals surface area (Å²) < 4.78 is 10.7. The van der Waals surface area contributed by atoms with Crippen LogP contribution < -0.4 is 20.5 Å². The topological polar surface area (TPSA) is 124 Å². The van der Waals surface area contributed by atoms with Gasteiger partial charge in [0.1, 0.15) is 11.5 Å². The highest BCUT2D eigenvalue weighted by Crippen LogP contribution is 2.37. The second-order valence-corrected chi connectivity index (χ2v) is 7.58. The van der Waals surface area contributed by atoms with Crippen molar-refractivity contribution in [3.8, 4) is 11.5 Å². The standard InChI is InChI=1S/C22H26N4O5/c1-13-4-5-19(14-7-17(30-2)9-18(8-14)31-3)26(12-13)22(29)21(28)25-16-6-15(20(23)27)10-24-11-16/h6-11,13,19H,4-5,12H2,1-3H3,(H2,23,27)(H,25,28)/t13-,19+/m1/s1. The minimum Gasteiger partial charge on any atom is -0.497 e. The number of carbonyl (C=O) groups is 3. The fourth-order valence-electron chi connectivity index (χ4n) is 3.70. The van der Waals surface area contributed by atoms with E-state index in [4.69, 9.17) is 15.2 Å². The van der Waals surface area contributed by atoms with E-state index >= 15 is 0 Å². The van der Waals surface area contributed by atoms with E-state index in [1.165, 1.54) is 18.5 Å². The number of hydrogen-bond donors (Lipinski definition) is 2. The first kappa shape index (κ1) is 22.1. The van der Waals surface area contributed by atoms with Crippen LogP contribution in [0.15, 0.2) is 36.7 Å². The summed E-state index contributed by atoms with van der Waals surface area (Å²) in [5.41, 5.74) is 6.44. The summed E-state index contributed by atoms with van der Waals surface area (Å²) in [6, 6.07) is 6.54. The van der Waals surface area contributed by atoms with Crippen LogP contribution in [0.5, 0.6) is 11.5 Å². The van der Waals surface area contributed by atoms with E-state index in [1.807, 2.05) is 19.1 Å². The molecule has 0 bridgehead atoms. The van der Waals surface area contributed by atoms with Crippen molar-refractivity contribution in [2.24, 2.45) is 11.7 Å². The Morgan fingerprint density at radius 3 is 2.35 bits per heavy atom. The molecule has 3 rings (SSSR count). The molecule has 31 heavy (non-hydrogen) atoms. The van der Waals surface area contributed by atoms with Gasteiger partial charge in [-0.1, -0.05) is 6.92 Å². The van der Waals surface area contributed by atoms with E-state index in [2.05, 4.69) is 10.3 Å². The van der Waals surface area contributed by atoms with Crippen LogP contribution in [0.2, 0.25) is 0 Å². The van der Waals surface area contributed by atoms with Crippen molar-refractivity contribution < 1.29 is 23.9 Å². The van der Waals surface area contributed by atoms with Gasteiger partial charge in [0.2, 0.25) is 5.91 Å². The molecule has 1 fully saturated rings. The van der Waals surface area contributed by atoms with Gasteiger partial charge in [0, 0.05) is 18.8 Å². The zero-order chi connectivity index (χ0) is 22.5. The number of hydrogen-bond acceptors (Lipinski definition) is 6. The molecule has 1 aromatic heterocycles. The van der Waals surface area contributed by atoms with Crippen LogP contribution in [-0.4, -0.2) is 48.4 Å². The molecule has 9 heteroatoms. The van der Waals surface area contributed by atoms with Gasteiger partial charge in [0.15, 0.2) is 0 Å². The van der Waals surface area contributed by atoms with Crippen molar-refractivity contribution in [3.63, 3.8) is 0 Å². The summed E-state index contributed by atoms with van der Waals surface area (Å²) in [4.78, 5) is 42.6. The first-order chi connectivity index (χ1) is 14.8. The average molecular weight is 426 g/mol. The number of likely N-dealkylation sites (tertiary alicyclic amines) is 1. The largest absolute Gasteiger partial charge is 0.497 e. The van der Waals surface area contributed by atoms with Gasteiger partial charge in [-0.05, 0) is 42.5 Å². The van der Waals surface area contributed by atoms with Gasteiger partial charge in [-0.15, -0.1) is 0 Å². The molecule has 0 radical (unpaired) electrons. The quantitative estimate of drug-likeness (QED) is 0.706. The first-order valence-corrected chi connectivity index (χ1v) is 9.92. The molecule has 2 aromatic rings. The molecule has 0 saturated carbocycles. The summed E-state index contributed by atoms with van der Waals surface area (Å²) in [5.74, 6) is -0.675. The summed E-state index contributed by atoms with van der Waals surface area (Å²) >= 11 is 0. The van der Waals surface area contributed by atoms with Gasteiger partial charge >= 0.3 is 11.8 Å². The number of ether oxygens (including phenoxy) is 2. The van der Waals surface area contributed by atoms with E-state index in [9.17, 15) is 14.4 Å². The van der Waals surface area contributed by atoms with Crippen molar-refractivity contribution in [1.29, 1.82) is 0 Å². The normalized spacial score (nSPS) is 18.2. The number of piperidine rings is 1. The lowest BCUT2D eigenvalue weighted by molar-refractivity contribution is -0.146. The monoisotopic (exact) mass is 426 g/mol. The number of nitrogens with zero attached hydrogens (tertiary/aromatic N) is 2. The maximum atomic E-state index is 13.1. The lowest BCUT2D eigenvalue weighted by Crippen LogP contribution is -2.46. The van der Waals surface area contributed by atoms with Gasteiger partial charge in [-0.3, -0.25) is 19.4 Å². The number of primary amides is 1. The van der Waals surface area contributed by atoms with Crippen molar-refractivity contribution in [3.05, 3.63) is 47.8 Å². The highest BCUT2D eigenvalue weighted by molar-refractivity contribution is 6.39. The number of carbonyl (C=O) groups excluding carboxylic acids is 3. The van der Waals surface area contributed by atoms with Crippen molar-refractivity contribution in [2.75, 3.05) is 26.1 Å². The lowest BCUT2D eigenvalue weighted by atomic mass is 9.89. The maximum absolute atomic E-state index is 13.1. The number of pyridine rings is 1. The van der Waals surface area contributed by atoms with E-state index in [1.54, 1.807) is 25.2 Å². The first-order valence-electron chi connectivity index (χ1n) is 9.92. The molecule has 2 heterocycles. The Labute approximate surface area is 180 Å². The van der Waals surface area contributed by atoms with E-state index in [-0.39, 0.29) is 23.2 Å². The lowest BCUT2D eigenvalue weighted by Gasteiger charge is -2.38. The van der Waals surface area contributed by atoms with Gasteiger partial charge in [0.05, 0.1) is 37.7 Å². The molecular formula is C22H26N4O5. The molecule has 3 N–H and O–H groups in total. The van der Waals surface area contributed by atoms with E-state index in [0.29, 0.717) is 24.5 Å². The number of nitrogens with one attached hydrogen (secondary N) is 1. The molecule has 164 valence electrons. The molecule has 1 saturated heterocycles. The molecule has 0 unspecified atom stereocenters. The fourth-order valence-corrected chi connectivity index (χ4v) is 3.70. The number of nitrogens with two attached hydrogens (primary N) is 1. The Balaban J connectivity index is 1.85. The van der Waals surface area contributed by atoms with Crippen molar-refractivity contribution in [1.82, 2.24) is 9.88 Å². The number of benzene rings is 1. The zero-order valence-corrected chi connectivity index (χ0v) is 17.8. The van der Waals surface area contributed by atoms with Crippen LogP contribution >= 0.6 is 0 Å². The van der Waals surface area contributed by atoms with Crippen molar-refractivity contribution in [2.45, 2.75) is 25.8 Å². The zero-order valence-electron chi connectivity index (χ0n) is 17.8. The maximum Gasteiger partial charge on any atom is 0.313 e. The summed E-state index contributed by atoms with van der Waals surface area (Å²) in [6.45, 7) is 2.48. The Kier molecular flexibility index (Phi) is 6.74. The molecule has 2 atom stereocenters. The third-order valence-corrected chi connectivity index (χ3v) is 5.31. The number of rotatable bonds is 5. The highest BCUT2D eigenvalue weighted by Gasteiger charge is 2.34. The molecule has 0 spiro atoms. The summed E-state index contributed by atoms with van der Waals surface area (Å²) in [5, 5.41) is 2.52.